The van der Waals surface area contributed by atoms with Crippen LogP contribution in [0.3, 0.4) is 0 Å². The lowest BCUT2D eigenvalue weighted by molar-refractivity contribution is 0.562. The predicted molar refractivity (Wildman–Crippen MR) is 65.1 cm³/mol. The van der Waals surface area contributed by atoms with Gasteiger partial charge in [-0.1, -0.05) is 0 Å². The van der Waals surface area contributed by atoms with Crippen LogP contribution in [-0.4, -0.2) is 16.8 Å². The van der Waals surface area contributed by atoms with E-state index < -0.39 is 11.6 Å². The zero-order chi connectivity index (χ0) is 13.1. The highest BCUT2D eigenvalue weighted by Crippen LogP contribution is 2.19. The van der Waals surface area contributed by atoms with Crippen LogP contribution >= 0.6 is 0 Å². The number of halogens is 2. The summed E-state index contributed by atoms with van der Waals surface area (Å²) in [5.41, 5.74) is 1.61. The van der Waals surface area contributed by atoms with Crippen molar-refractivity contribution in [3.8, 4) is 0 Å². The maximum Gasteiger partial charge on any atom is 0.126 e. The zero-order valence-electron chi connectivity index (χ0n) is 10.3. The molecular formula is C13H15F2N3. The van der Waals surface area contributed by atoms with Gasteiger partial charge >= 0.3 is 0 Å². The smallest absolute Gasteiger partial charge is 0.126 e. The van der Waals surface area contributed by atoms with Gasteiger partial charge in [-0.2, -0.15) is 5.10 Å². The first kappa shape index (κ1) is 12.7. The van der Waals surface area contributed by atoms with Crippen LogP contribution in [0.4, 0.5) is 8.78 Å². The number of likely N-dealkylation sites (N-methyl/N-ethyl adjacent to an activating group) is 1. The molecule has 5 heteroatoms. The molecule has 0 radical (unpaired) electrons. The van der Waals surface area contributed by atoms with Crippen molar-refractivity contribution in [1.29, 1.82) is 0 Å². The van der Waals surface area contributed by atoms with Crippen molar-refractivity contribution < 1.29 is 8.78 Å². The van der Waals surface area contributed by atoms with E-state index in [1.807, 2.05) is 20.3 Å². The number of hydrogen-bond donors (Lipinski definition) is 1. The average molecular weight is 251 g/mol. The monoisotopic (exact) mass is 251 g/mol. The summed E-state index contributed by atoms with van der Waals surface area (Å²) in [5.74, 6) is -1.10. The van der Waals surface area contributed by atoms with Gasteiger partial charge in [-0.3, -0.25) is 4.68 Å². The predicted octanol–water partition coefficient (Wildman–Crippen LogP) is 2.20. The molecule has 1 N–H and O–H groups in total. The second kappa shape index (κ2) is 5.27. The summed E-state index contributed by atoms with van der Waals surface area (Å²) >= 11 is 0. The third-order valence-corrected chi connectivity index (χ3v) is 2.84. The van der Waals surface area contributed by atoms with Crippen LogP contribution in [0.2, 0.25) is 0 Å². The Morgan fingerprint density at radius 2 is 1.94 bits per heavy atom. The number of hydrogen-bond acceptors (Lipinski definition) is 2. The number of benzene rings is 1. The first-order valence-corrected chi connectivity index (χ1v) is 5.69. The first-order chi connectivity index (χ1) is 8.58. The van der Waals surface area contributed by atoms with E-state index >= 15 is 0 Å². The Hall–Kier alpha value is -1.75. The van der Waals surface area contributed by atoms with Crippen LogP contribution in [0, 0.1) is 11.6 Å². The molecule has 0 aliphatic heterocycles. The normalized spacial score (nSPS) is 12.7. The summed E-state index contributed by atoms with van der Waals surface area (Å²) in [7, 11) is 3.64. The third kappa shape index (κ3) is 2.92. The molecule has 0 saturated heterocycles. The summed E-state index contributed by atoms with van der Waals surface area (Å²) in [6.45, 7) is 0. The van der Waals surface area contributed by atoms with Gasteiger partial charge in [-0.25, -0.2) is 8.78 Å². The molecule has 2 rings (SSSR count). The SMILES string of the molecule is CNC(Cc1cc(F)cc(F)c1)c1cnn(C)c1. The minimum absolute atomic E-state index is 0.0140. The number of rotatable bonds is 4. The molecule has 0 aliphatic carbocycles. The Labute approximate surface area is 104 Å². The van der Waals surface area contributed by atoms with E-state index in [2.05, 4.69) is 10.4 Å². The molecule has 1 aromatic heterocycles. The molecule has 1 heterocycles. The maximum atomic E-state index is 13.1. The molecule has 2 aromatic rings. The molecule has 0 saturated carbocycles. The molecule has 3 nitrogen and oxygen atoms in total. The minimum Gasteiger partial charge on any atom is -0.313 e. The molecule has 0 amide bonds. The first-order valence-electron chi connectivity index (χ1n) is 5.69. The fourth-order valence-electron chi connectivity index (χ4n) is 1.97. The van der Waals surface area contributed by atoms with Crippen molar-refractivity contribution in [1.82, 2.24) is 15.1 Å². The van der Waals surface area contributed by atoms with Gasteiger partial charge < -0.3 is 5.32 Å². The van der Waals surface area contributed by atoms with E-state index in [1.54, 1.807) is 10.9 Å². The summed E-state index contributed by atoms with van der Waals surface area (Å²) in [4.78, 5) is 0. The molecule has 1 atom stereocenters. The summed E-state index contributed by atoms with van der Waals surface area (Å²) in [6.07, 6.45) is 4.14. The van der Waals surface area contributed by atoms with Crippen LogP contribution in [0.1, 0.15) is 17.2 Å². The highest BCUT2D eigenvalue weighted by atomic mass is 19.1. The Kier molecular flexibility index (Phi) is 3.72. The van der Waals surface area contributed by atoms with Crippen molar-refractivity contribution in [3.05, 3.63) is 53.4 Å². The van der Waals surface area contributed by atoms with Crippen LogP contribution in [0.25, 0.3) is 0 Å². The average Bonchev–Trinajstić information content (AvgIpc) is 2.71. The number of aromatic nitrogens is 2. The molecule has 18 heavy (non-hydrogen) atoms. The standard InChI is InChI=1S/C13H15F2N3/c1-16-13(10-7-17-18(2)8-10)5-9-3-11(14)6-12(15)4-9/h3-4,6-8,13,16H,5H2,1-2H3. The second-order valence-electron chi connectivity index (χ2n) is 4.27. The van der Waals surface area contributed by atoms with E-state index in [9.17, 15) is 8.78 Å². The number of aryl methyl sites for hydroxylation is 1. The number of nitrogens with one attached hydrogen (secondary N) is 1. The second-order valence-corrected chi connectivity index (χ2v) is 4.27. The number of nitrogens with zero attached hydrogens (tertiary/aromatic N) is 2. The van der Waals surface area contributed by atoms with Gasteiger partial charge in [0.1, 0.15) is 11.6 Å². The Balaban J connectivity index is 2.20. The highest BCUT2D eigenvalue weighted by molar-refractivity contribution is 5.22. The summed E-state index contributed by atoms with van der Waals surface area (Å²) < 4.78 is 27.9. The Bertz CT molecular complexity index is 517. The third-order valence-electron chi connectivity index (χ3n) is 2.84. The van der Waals surface area contributed by atoms with Crippen molar-refractivity contribution in [2.75, 3.05) is 7.05 Å². The molecular weight excluding hydrogens is 236 g/mol. The van der Waals surface area contributed by atoms with Gasteiger partial charge in [0.2, 0.25) is 0 Å². The molecule has 0 fully saturated rings. The molecule has 96 valence electrons. The lowest BCUT2D eigenvalue weighted by Gasteiger charge is -2.14. The highest BCUT2D eigenvalue weighted by Gasteiger charge is 2.13. The molecule has 0 aliphatic rings. The van der Waals surface area contributed by atoms with E-state index in [4.69, 9.17) is 0 Å². The summed E-state index contributed by atoms with van der Waals surface area (Å²) in [6, 6.07) is 3.56. The van der Waals surface area contributed by atoms with Crippen LogP contribution in [-0.2, 0) is 13.5 Å². The van der Waals surface area contributed by atoms with Crippen LogP contribution < -0.4 is 5.32 Å². The van der Waals surface area contributed by atoms with Gasteiger partial charge in [0, 0.05) is 30.9 Å². The van der Waals surface area contributed by atoms with Crippen molar-refractivity contribution in [2.45, 2.75) is 12.5 Å². The lowest BCUT2D eigenvalue weighted by atomic mass is 10.0. The molecule has 0 spiro atoms. The topological polar surface area (TPSA) is 29.9 Å². The minimum atomic E-state index is -0.550. The largest absolute Gasteiger partial charge is 0.313 e. The van der Waals surface area contributed by atoms with Crippen LogP contribution in [0.15, 0.2) is 30.6 Å². The maximum absolute atomic E-state index is 13.1. The van der Waals surface area contributed by atoms with Gasteiger partial charge in [-0.15, -0.1) is 0 Å². The van der Waals surface area contributed by atoms with Crippen molar-refractivity contribution in [2.24, 2.45) is 7.05 Å². The van der Waals surface area contributed by atoms with E-state index in [-0.39, 0.29) is 6.04 Å². The Morgan fingerprint density at radius 1 is 1.28 bits per heavy atom. The molecule has 1 aromatic carbocycles. The van der Waals surface area contributed by atoms with Crippen molar-refractivity contribution in [3.63, 3.8) is 0 Å². The fraction of sp³-hybridized carbons (Fsp3) is 0.308. The van der Waals surface area contributed by atoms with E-state index in [1.165, 1.54) is 12.1 Å². The lowest BCUT2D eigenvalue weighted by Crippen LogP contribution is -2.18. The molecule has 1 unspecified atom stereocenters. The summed E-state index contributed by atoms with van der Waals surface area (Å²) in [5, 5.41) is 7.21. The quantitative estimate of drug-likeness (QED) is 0.902. The fourth-order valence-corrected chi connectivity index (χ4v) is 1.97. The molecule has 0 bridgehead atoms. The van der Waals surface area contributed by atoms with Crippen molar-refractivity contribution >= 4 is 0 Å². The van der Waals surface area contributed by atoms with E-state index in [0.717, 1.165) is 11.6 Å². The van der Waals surface area contributed by atoms with Gasteiger partial charge in [0.15, 0.2) is 0 Å². The van der Waals surface area contributed by atoms with Gasteiger partial charge in [0.05, 0.1) is 6.20 Å². The van der Waals surface area contributed by atoms with Crippen LogP contribution in [0.5, 0.6) is 0 Å². The van der Waals surface area contributed by atoms with Gasteiger partial charge in [0.25, 0.3) is 0 Å². The van der Waals surface area contributed by atoms with E-state index in [0.29, 0.717) is 12.0 Å². The van der Waals surface area contributed by atoms with Gasteiger partial charge in [-0.05, 0) is 31.2 Å². The Morgan fingerprint density at radius 3 is 2.44 bits per heavy atom. The zero-order valence-corrected chi connectivity index (χ0v) is 10.3.